The third kappa shape index (κ3) is 4.20. The smallest absolute Gasteiger partial charge is 0.266 e. The number of para-hydroxylation sites is 2. The number of carbonyl (C=O) groups excluding carboxylic acids is 3. The monoisotopic (exact) mass is 404 g/mol. The van der Waals surface area contributed by atoms with E-state index in [-0.39, 0.29) is 10.7 Å². The van der Waals surface area contributed by atoms with Gasteiger partial charge in [-0.1, -0.05) is 36.4 Å². The van der Waals surface area contributed by atoms with Crippen molar-refractivity contribution in [2.75, 3.05) is 10.2 Å². The number of rotatable bonds is 4. The fourth-order valence-corrected chi connectivity index (χ4v) is 3.09. The molecule has 0 saturated carbocycles. The van der Waals surface area contributed by atoms with E-state index in [1.807, 2.05) is 19.1 Å². The molecule has 7 nitrogen and oxygen atoms in total. The highest BCUT2D eigenvalue weighted by Crippen LogP contribution is 2.22. The Balaban J connectivity index is 1.89. The topological polar surface area (TPSA) is 102 Å². The Hall–Kier alpha value is -3.83. The first kappa shape index (κ1) is 19.9. The van der Waals surface area contributed by atoms with Crippen LogP contribution in [0.25, 0.3) is 0 Å². The van der Waals surface area contributed by atoms with Crippen LogP contribution in [0.15, 0.2) is 66.2 Å². The van der Waals surface area contributed by atoms with Gasteiger partial charge in [0.25, 0.3) is 5.91 Å². The van der Waals surface area contributed by atoms with Gasteiger partial charge in [0.15, 0.2) is 5.11 Å². The number of anilines is 2. The van der Waals surface area contributed by atoms with Gasteiger partial charge in [0.05, 0.1) is 5.69 Å². The SMILES string of the molecule is Cc1ccccc1NC(=O)/C(C#N)=C\[C@H]1C(=O)NC(=S)N(c2ccccc2)C1=O. The van der Waals surface area contributed by atoms with Crippen LogP contribution in [0, 0.1) is 24.2 Å². The lowest BCUT2D eigenvalue weighted by Crippen LogP contribution is -2.57. The Morgan fingerprint density at radius 3 is 2.48 bits per heavy atom. The van der Waals surface area contributed by atoms with Crippen LogP contribution in [0.2, 0.25) is 0 Å². The number of nitriles is 1. The molecule has 1 aliphatic rings. The molecule has 8 heteroatoms. The predicted molar refractivity (Wildman–Crippen MR) is 112 cm³/mol. The minimum Gasteiger partial charge on any atom is -0.321 e. The van der Waals surface area contributed by atoms with Crippen LogP contribution in [0.3, 0.4) is 0 Å². The van der Waals surface area contributed by atoms with E-state index in [0.717, 1.165) is 11.6 Å². The Morgan fingerprint density at radius 1 is 1.17 bits per heavy atom. The maximum atomic E-state index is 12.9. The highest BCUT2D eigenvalue weighted by atomic mass is 32.1. The first-order valence-electron chi connectivity index (χ1n) is 8.65. The lowest BCUT2D eigenvalue weighted by molar-refractivity contribution is -0.131. The molecule has 3 rings (SSSR count). The maximum absolute atomic E-state index is 12.9. The molecule has 0 unspecified atom stereocenters. The van der Waals surface area contributed by atoms with Crippen molar-refractivity contribution in [1.82, 2.24) is 5.32 Å². The molecule has 0 aliphatic carbocycles. The molecule has 1 atom stereocenters. The zero-order valence-electron chi connectivity index (χ0n) is 15.4. The summed E-state index contributed by atoms with van der Waals surface area (Å²) in [5.41, 5.74) is 1.47. The Labute approximate surface area is 172 Å². The molecule has 0 bridgehead atoms. The van der Waals surface area contributed by atoms with Crippen molar-refractivity contribution in [2.45, 2.75) is 6.92 Å². The summed E-state index contributed by atoms with van der Waals surface area (Å²) < 4.78 is 0. The molecule has 1 fully saturated rings. The van der Waals surface area contributed by atoms with Crippen LogP contribution >= 0.6 is 12.2 Å². The molecule has 0 spiro atoms. The maximum Gasteiger partial charge on any atom is 0.266 e. The summed E-state index contributed by atoms with van der Waals surface area (Å²) in [6, 6.07) is 17.4. The number of nitrogens with one attached hydrogen (secondary N) is 2. The van der Waals surface area contributed by atoms with Crippen LogP contribution in [-0.2, 0) is 14.4 Å². The molecule has 144 valence electrons. The van der Waals surface area contributed by atoms with Crippen molar-refractivity contribution >= 4 is 46.4 Å². The van der Waals surface area contributed by atoms with Crippen LogP contribution in [0.1, 0.15) is 5.56 Å². The normalized spacial score (nSPS) is 16.8. The van der Waals surface area contributed by atoms with Crippen LogP contribution < -0.4 is 15.5 Å². The second kappa shape index (κ2) is 8.46. The van der Waals surface area contributed by atoms with E-state index in [2.05, 4.69) is 10.6 Å². The summed E-state index contributed by atoms with van der Waals surface area (Å²) in [5, 5.41) is 14.4. The van der Waals surface area contributed by atoms with E-state index in [4.69, 9.17) is 12.2 Å². The van der Waals surface area contributed by atoms with Gasteiger partial charge in [0.2, 0.25) is 11.8 Å². The standard InChI is InChI=1S/C21H16N4O3S/c1-13-7-5-6-10-17(13)23-18(26)14(12-22)11-16-19(27)24-21(29)25(20(16)28)15-8-3-2-4-9-15/h2-11,16H,1H3,(H,23,26)(H,24,27,29)/b14-11-/t16-/m0/s1. The van der Waals surface area contributed by atoms with Gasteiger partial charge >= 0.3 is 0 Å². The number of thiocarbonyl (C=S) groups is 1. The molecule has 2 N–H and O–H groups in total. The number of aryl methyl sites for hydroxylation is 1. The summed E-state index contributed by atoms with van der Waals surface area (Å²) in [4.78, 5) is 39.0. The van der Waals surface area contributed by atoms with Gasteiger partial charge in [0, 0.05) is 5.69 Å². The molecule has 29 heavy (non-hydrogen) atoms. The summed E-state index contributed by atoms with van der Waals surface area (Å²) >= 11 is 5.12. The van der Waals surface area contributed by atoms with E-state index in [9.17, 15) is 19.6 Å². The van der Waals surface area contributed by atoms with E-state index >= 15 is 0 Å². The average molecular weight is 404 g/mol. The van der Waals surface area contributed by atoms with Crippen LogP contribution in [-0.4, -0.2) is 22.8 Å². The fraction of sp³-hybridized carbons (Fsp3) is 0.0952. The molecule has 2 aromatic carbocycles. The number of nitrogens with zero attached hydrogens (tertiary/aromatic N) is 2. The second-order valence-corrected chi connectivity index (χ2v) is 6.63. The highest BCUT2D eigenvalue weighted by molar-refractivity contribution is 7.80. The summed E-state index contributed by atoms with van der Waals surface area (Å²) in [5.74, 6) is -3.40. The Bertz CT molecular complexity index is 1070. The summed E-state index contributed by atoms with van der Waals surface area (Å²) in [6.07, 6.45) is 1.06. The first-order chi connectivity index (χ1) is 13.9. The van der Waals surface area contributed by atoms with Gasteiger partial charge in [-0.3, -0.25) is 19.3 Å². The lowest BCUT2D eigenvalue weighted by atomic mass is 10.0. The largest absolute Gasteiger partial charge is 0.321 e. The minimum absolute atomic E-state index is 0.0567. The van der Waals surface area contributed by atoms with Crippen LogP contribution in [0.5, 0.6) is 0 Å². The molecule has 1 aliphatic heterocycles. The minimum atomic E-state index is -1.36. The lowest BCUT2D eigenvalue weighted by Gasteiger charge is -2.31. The first-order valence-corrected chi connectivity index (χ1v) is 9.06. The zero-order valence-corrected chi connectivity index (χ0v) is 16.2. The van der Waals surface area contributed by atoms with E-state index in [0.29, 0.717) is 11.4 Å². The Kier molecular flexibility index (Phi) is 5.81. The fourth-order valence-electron chi connectivity index (χ4n) is 2.79. The molecule has 0 radical (unpaired) electrons. The van der Waals surface area contributed by atoms with Crippen LogP contribution in [0.4, 0.5) is 11.4 Å². The molecule has 2 aromatic rings. The van der Waals surface area contributed by atoms with Crippen molar-refractivity contribution in [3.63, 3.8) is 0 Å². The predicted octanol–water partition coefficient (Wildman–Crippen LogP) is 2.45. The number of carbonyl (C=O) groups is 3. The van der Waals surface area contributed by atoms with E-state index < -0.39 is 23.6 Å². The third-order valence-electron chi connectivity index (χ3n) is 4.31. The number of hydrogen-bond donors (Lipinski definition) is 2. The van der Waals surface area contributed by atoms with Gasteiger partial charge in [-0.15, -0.1) is 0 Å². The van der Waals surface area contributed by atoms with Crippen molar-refractivity contribution in [3.05, 3.63) is 71.8 Å². The van der Waals surface area contributed by atoms with Gasteiger partial charge in [0.1, 0.15) is 17.6 Å². The molecule has 1 heterocycles. The van der Waals surface area contributed by atoms with Crippen molar-refractivity contribution in [3.8, 4) is 6.07 Å². The molecule has 1 saturated heterocycles. The average Bonchev–Trinajstić information content (AvgIpc) is 2.70. The van der Waals surface area contributed by atoms with Crippen molar-refractivity contribution in [1.29, 1.82) is 5.26 Å². The number of hydrogen-bond acceptors (Lipinski definition) is 5. The summed E-state index contributed by atoms with van der Waals surface area (Å²) in [6.45, 7) is 1.81. The molecular weight excluding hydrogens is 388 g/mol. The number of benzene rings is 2. The second-order valence-electron chi connectivity index (χ2n) is 6.24. The van der Waals surface area contributed by atoms with Crippen molar-refractivity contribution < 1.29 is 14.4 Å². The van der Waals surface area contributed by atoms with E-state index in [1.54, 1.807) is 48.5 Å². The Morgan fingerprint density at radius 2 is 1.83 bits per heavy atom. The van der Waals surface area contributed by atoms with Gasteiger partial charge < -0.3 is 10.6 Å². The van der Waals surface area contributed by atoms with Gasteiger partial charge in [-0.2, -0.15) is 5.26 Å². The quantitative estimate of drug-likeness (QED) is 0.353. The van der Waals surface area contributed by atoms with E-state index in [1.165, 1.54) is 4.90 Å². The van der Waals surface area contributed by atoms with Gasteiger partial charge in [-0.05, 0) is 49.0 Å². The summed E-state index contributed by atoms with van der Waals surface area (Å²) in [7, 11) is 0. The molecule has 3 amide bonds. The third-order valence-corrected chi connectivity index (χ3v) is 4.59. The molecular formula is C21H16N4O3S. The zero-order chi connectivity index (χ0) is 21.0. The highest BCUT2D eigenvalue weighted by Gasteiger charge is 2.38. The van der Waals surface area contributed by atoms with Gasteiger partial charge in [-0.25, -0.2) is 0 Å². The molecule has 0 aromatic heterocycles. The number of amides is 3. The van der Waals surface area contributed by atoms with Crippen molar-refractivity contribution in [2.24, 2.45) is 5.92 Å².